The average Bonchev–Trinajstić information content (AvgIpc) is 2.93. The van der Waals surface area contributed by atoms with E-state index in [0.29, 0.717) is 23.8 Å². The van der Waals surface area contributed by atoms with Gasteiger partial charge in [0.2, 0.25) is 5.91 Å². The van der Waals surface area contributed by atoms with Crippen LogP contribution in [-0.2, 0) is 4.79 Å². The fourth-order valence-electron chi connectivity index (χ4n) is 2.02. The van der Waals surface area contributed by atoms with E-state index in [1.807, 2.05) is 11.9 Å². The number of hydrogen-bond donors (Lipinski definition) is 0. The predicted octanol–water partition coefficient (Wildman–Crippen LogP) is 1.90. The molecular formula is C11H19NO. The first-order valence-corrected chi connectivity index (χ1v) is 5.38. The highest BCUT2D eigenvalue weighted by Crippen LogP contribution is 2.41. The Balaban J connectivity index is 1.87. The highest BCUT2D eigenvalue weighted by Gasteiger charge is 2.43. The molecule has 2 heteroatoms. The molecule has 0 N–H and O–H groups in total. The average molecular weight is 181 g/mol. The molecule has 0 aromatic carbocycles. The Morgan fingerprint density at radius 3 is 2.38 bits per heavy atom. The summed E-state index contributed by atoms with van der Waals surface area (Å²) in [5.74, 6) is 2.17. The number of rotatable bonds is 3. The van der Waals surface area contributed by atoms with E-state index in [9.17, 15) is 4.79 Å². The molecule has 0 bridgehead atoms. The van der Waals surface area contributed by atoms with Crippen LogP contribution in [0.1, 0.15) is 33.1 Å². The van der Waals surface area contributed by atoms with Crippen molar-refractivity contribution in [3.63, 3.8) is 0 Å². The fourth-order valence-corrected chi connectivity index (χ4v) is 2.02. The standard InChI is InChI=1S/C11H19NO/c1-7-6-10(7)11(13)12(3)8(2)9-4-5-9/h7-10H,4-6H2,1-3H3/t7-,8+,10-/m1/s1. The maximum Gasteiger partial charge on any atom is 0.225 e. The molecule has 0 aromatic rings. The zero-order valence-electron chi connectivity index (χ0n) is 8.79. The first-order chi connectivity index (χ1) is 6.11. The molecule has 2 aliphatic rings. The van der Waals surface area contributed by atoms with Gasteiger partial charge in [0.25, 0.3) is 0 Å². The maximum atomic E-state index is 11.8. The third-order valence-electron chi connectivity index (χ3n) is 3.69. The van der Waals surface area contributed by atoms with Crippen LogP contribution in [0.25, 0.3) is 0 Å². The summed E-state index contributed by atoms with van der Waals surface area (Å²) in [4.78, 5) is 13.8. The van der Waals surface area contributed by atoms with Gasteiger partial charge in [-0.05, 0) is 38.0 Å². The van der Waals surface area contributed by atoms with Gasteiger partial charge in [0, 0.05) is 19.0 Å². The largest absolute Gasteiger partial charge is 0.343 e. The summed E-state index contributed by atoms with van der Waals surface area (Å²) in [7, 11) is 1.97. The van der Waals surface area contributed by atoms with E-state index in [2.05, 4.69) is 13.8 Å². The molecule has 3 atom stereocenters. The molecule has 0 radical (unpaired) electrons. The molecule has 2 saturated carbocycles. The molecule has 13 heavy (non-hydrogen) atoms. The SMILES string of the molecule is C[C@@H]1C[C@H]1C(=O)N(C)[C@@H](C)C1CC1. The van der Waals surface area contributed by atoms with Gasteiger partial charge in [0.15, 0.2) is 0 Å². The van der Waals surface area contributed by atoms with E-state index < -0.39 is 0 Å². The zero-order chi connectivity index (χ0) is 9.59. The number of hydrogen-bond acceptors (Lipinski definition) is 1. The first-order valence-electron chi connectivity index (χ1n) is 5.38. The Labute approximate surface area is 80.3 Å². The van der Waals surface area contributed by atoms with Crippen molar-refractivity contribution in [2.45, 2.75) is 39.2 Å². The van der Waals surface area contributed by atoms with Gasteiger partial charge in [-0.2, -0.15) is 0 Å². The van der Waals surface area contributed by atoms with Gasteiger partial charge in [-0.25, -0.2) is 0 Å². The van der Waals surface area contributed by atoms with Crippen molar-refractivity contribution in [2.75, 3.05) is 7.05 Å². The van der Waals surface area contributed by atoms with Crippen LogP contribution in [0.5, 0.6) is 0 Å². The van der Waals surface area contributed by atoms with Crippen molar-refractivity contribution in [3.8, 4) is 0 Å². The van der Waals surface area contributed by atoms with Crippen LogP contribution in [0, 0.1) is 17.8 Å². The molecule has 2 fully saturated rings. The van der Waals surface area contributed by atoms with Crippen LogP contribution in [0.15, 0.2) is 0 Å². The summed E-state index contributed by atoms with van der Waals surface area (Å²) in [6.45, 7) is 4.35. The molecule has 1 amide bonds. The summed E-state index contributed by atoms with van der Waals surface area (Å²) in [5.41, 5.74) is 0. The molecule has 0 aliphatic heterocycles. The second-order valence-electron chi connectivity index (χ2n) is 4.85. The van der Waals surface area contributed by atoms with Crippen molar-refractivity contribution in [1.29, 1.82) is 0 Å². The number of carbonyl (C=O) groups excluding carboxylic acids is 1. The van der Waals surface area contributed by atoms with Crippen molar-refractivity contribution >= 4 is 5.91 Å². The molecule has 2 aliphatic carbocycles. The van der Waals surface area contributed by atoms with Crippen molar-refractivity contribution in [1.82, 2.24) is 4.90 Å². The van der Waals surface area contributed by atoms with Crippen LogP contribution in [0.4, 0.5) is 0 Å². The number of amides is 1. The molecular weight excluding hydrogens is 162 g/mol. The van der Waals surface area contributed by atoms with Crippen LogP contribution in [0.3, 0.4) is 0 Å². The van der Waals surface area contributed by atoms with Crippen LogP contribution >= 0.6 is 0 Å². The molecule has 0 aromatic heterocycles. The van der Waals surface area contributed by atoms with Gasteiger partial charge in [0.05, 0.1) is 0 Å². The Hall–Kier alpha value is -0.530. The minimum absolute atomic E-state index is 0.353. The lowest BCUT2D eigenvalue weighted by Gasteiger charge is -2.25. The third-order valence-corrected chi connectivity index (χ3v) is 3.69. The zero-order valence-corrected chi connectivity index (χ0v) is 8.79. The minimum Gasteiger partial charge on any atom is -0.343 e. The van der Waals surface area contributed by atoms with E-state index in [1.54, 1.807) is 0 Å². The second-order valence-corrected chi connectivity index (χ2v) is 4.85. The summed E-state index contributed by atoms with van der Waals surface area (Å²) >= 11 is 0. The molecule has 0 saturated heterocycles. The summed E-state index contributed by atoms with van der Waals surface area (Å²) in [6, 6.07) is 0.472. The molecule has 0 heterocycles. The van der Waals surface area contributed by atoms with E-state index in [4.69, 9.17) is 0 Å². The lowest BCUT2D eigenvalue weighted by Crippen LogP contribution is -2.37. The van der Waals surface area contributed by atoms with Gasteiger partial charge in [0.1, 0.15) is 0 Å². The maximum absolute atomic E-state index is 11.8. The summed E-state index contributed by atoms with van der Waals surface area (Å²) in [5, 5.41) is 0. The van der Waals surface area contributed by atoms with Crippen molar-refractivity contribution < 1.29 is 4.79 Å². The smallest absolute Gasteiger partial charge is 0.225 e. The molecule has 0 unspecified atom stereocenters. The molecule has 2 nitrogen and oxygen atoms in total. The predicted molar refractivity (Wildman–Crippen MR) is 52.2 cm³/mol. The molecule has 0 spiro atoms. The highest BCUT2D eigenvalue weighted by molar-refractivity contribution is 5.81. The molecule has 74 valence electrons. The second kappa shape index (κ2) is 3.00. The van der Waals surface area contributed by atoms with Gasteiger partial charge in [-0.15, -0.1) is 0 Å². The van der Waals surface area contributed by atoms with E-state index in [0.717, 1.165) is 12.3 Å². The number of nitrogens with zero attached hydrogens (tertiary/aromatic N) is 1. The van der Waals surface area contributed by atoms with Crippen molar-refractivity contribution in [2.24, 2.45) is 17.8 Å². The lowest BCUT2D eigenvalue weighted by atomic mass is 10.1. The van der Waals surface area contributed by atoms with Crippen LogP contribution in [0.2, 0.25) is 0 Å². The van der Waals surface area contributed by atoms with Crippen LogP contribution in [-0.4, -0.2) is 23.9 Å². The van der Waals surface area contributed by atoms with Crippen LogP contribution < -0.4 is 0 Å². The van der Waals surface area contributed by atoms with Crippen molar-refractivity contribution in [3.05, 3.63) is 0 Å². The quantitative estimate of drug-likeness (QED) is 0.651. The Kier molecular flexibility index (Phi) is 2.09. The summed E-state index contributed by atoms with van der Waals surface area (Å²) in [6.07, 6.45) is 3.75. The summed E-state index contributed by atoms with van der Waals surface area (Å²) < 4.78 is 0. The Bertz CT molecular complexity index is 222. The molecule has 2 rings (SSSR count). The highest BCUT2D eigenvalue weighted by atomic mass is 16.2. The van der Waals surface area contributed by atoms with E-state index in [1.165, 1.54) is 12.8 Å². The minimum atomic E-state index is 0.353. The lowest BCUT2D eigenvalue weighted by molar-refractivity contribution is -0.133. The van der Waals surface area contributed by atoms with E-state index >= 15 is 0 Å². The Morgan fingerprint density at radius 2 is 2.00 bits per heavy atom. The Morgan fingerprint density at radius 1 is 1.46 bits per heavy atom. The monoisotopic (exact) mass is 181 g/mol. The fraction of sp³-hybridized carbons (Fsp3) is 0.909. The normalized spacial score (nSPS) is 34.1. The number of carbonyl (C=O) groups is 1. The van der Waals surface area contributed by atoms with E-state index in [-0.39, 0.29) is 0 Å². The van der Waals surface area contributed by atoms with Gasteiger partial charge >= 0.3 is 0 Å². The topological polar surface area (TPSA) is 20.3 Å². The first kappa shape index (κ1) is 9.04. The van der Waals surface area contributed by atoms with Gasteiger partial charge < -0.3 is 4.90 Å². The third kappa shape index (κ3) is 1.72. The van der Waals surface area contributed by atoms with Gasteiger partial charge in [-0.1, -0.05) is 6.92 Å². The van der Waals surface area contributed by atoms with Gasteiger partial charge in [-0.3, -0.25) is 4.79 Å².